The van der Waals surface area contributed by atoms with Crippen molar-refractivity contribution in [3.8, 4) is 5.75 Å². The summed E-state index contributed by atoms with van der Waals surface area (Å²) in [7, 11) is 0. The minimum atomic E-state index is -1.89. The van der Waals surface area contributed by atoms with Gasteiger partial charge in [-0.3, -0.25) is 4.79 Å². The average molecular weight is 428 g/mol. The zero-order valence-corrected chi connectivity index (χ0v) is 15.9. The maximum Gasteiger partial charge on any atom is 0.246 e. The second kappa shape index (κ2) is 8.50. The van der Waals surface area contributed by atoms with E-state index < -0.39 is 10.0 Å². The molecule has 0 aliphatic heterocycles. The Hall–Kier alpha value is -0.840. The highest BCUT2D eigenvalue weighted by molar-refractivity contribution is 6.68. The number of carbonyl (C=O) groups is 1. The first kappa shape index (κ1) is 19.5. The van der Waals surface area contributed by atoms with E-state index in [0.29, 0.717) is 5.02 Å². The summed E-state index contributed by atoms with van der Waals surface area (Å²) < 4.78 is 3.66. The van der Waals surface area contributed by atoms with Crippen molar-refractivity contribution in [1.82, 2.24) is 5.32 Å². The van der Waals surface area contributed by atoms with E-state index in [9.17, 15) is 4.79 Å². The van der Waals surface area contributed by atoms with E-state index in [0.717, 1.165) is 5.56 Å². The Labute approximate surface area is 164 Å². The molecule has 1 atom stereocenters. The zero-order chi connectivity index (χ0) is 17.7. The molecule has 0 fully saturated rings. The lowest BCUT2D eigenvalue weighted by Gasteiger charge is -2.26. The summed E-state index contributed by atoms with van der Waals surface area (Å²) >= 11 is 29.6. The molecule has 0 bridgehead atoms. The minimum Gasteiger partial charge on any atom is -0.464 e. The molecule has 128 valence electrons. The number of hydrogen-bond acceptors (Lipinski definition) is 2. The van der Waals surface area contributed by atoms with Crippen LogP contribution in [0, 0.1) is 0 Å². The van der Waals surface area contributed by atoms with Crippen molar-refractivity contribution in [3.63, 3.8) is 0 Å². The van der Waals surface area contributed by atoms with Crippen molar-refractivity contribution in [2.45, 2.75) is 16.4 Å². The Balaban J connectivity index is 2.10. The lowest BCUT2D eigenvalue weighted by atomic mass is 10.1. The normalized spacial score (nSPS) is 12.5. The predicted octanol–water partition coefficient (Wildman–Crippen LogP) is 5.43. The molecule has 0 saturated heterocycles. The van der Waals surface area contributed by atoms with Crippen LogP contribution in [-0.2, 0) is 11.2 Å². The van der Waals surface area contributed by atoms with Crippen molar-refractivity contribution in [2.75, 3.05) is 0 Å². The van der Waals surface area contributed by atoms with Gasteiger partial charge in [0.05, 0.1) is 11.4 Å². The van der Waals surface area contributed by atoms with Gasteiger partial charge in [-0.15, -0.1) is 0 Å². The van der Waals surface area contributed by atoms with Gasteiger partial charge in [-0.05, 0) is 23.8 Å². The molecule has 0 heterocycles. The van der Waals surface area contributed by atoms with Gasteiger partial charge in [0.15, 0.2) is 0 Å². The van der Waals surface area contributed by atoms with Crippen LogP contribution in [0.4, 0.5) is 0 Å². The number of hydrogen-bond donors (Lipinski definition) is 1. The Bertz CT molecular complexity index is 703. The van der Waals surface area contributed by atoms with Gasteiger partial charge in [0.25, 0.3) is 0 Å². The Kier molecular flexibility index (Phi) is 6.90. The fraction of sp³-hybridized carbons (Fsp3) is 0.188. The molecular weight excluding hydrogens is 415 g/mol. The van der Waals surface area contributed by atoms with Crippen LogP contribution in [0.1, 0.15) is 5.56 Å². The summed E-state index contributed by atoms with van der Waals surface area (Å²) in [5.74, 6) is -0.125. The number of nitrogens with one attached hydrogen (secondary N) is 1. The van der Waals surface area contributed by atoms with Crippen LogP contribution in [0.25, 0.3) is 0 Å². The third-order valence-corrected chi connectivity index (χ3v) is 4.06. The second-order valence-electron chi connectivity index (χ2n) is 4.84. The lowest BCUT2D eigenvalue weighted by molar-refractivity contribution is -0.122. The molecule has 0 saturated carbocycles. The van der Waals surface area contributed by atoms with E-state index in [4.69, 9.17) is 62.7 Å². The Morgan fingerprint density at radius 2 is 1.75 bits per heavy atom. The van der Waals surface area contributed by atoms with Gasteiger partial charge in [-0.2, -0.15) is 0 Å². The van der Waals surface area contributed by atoms with Crippen molar-refractivity contribution in [2.24, 2.45) is 0 Å². The maximum absolute atomic E-state index is 12.2. The van der Waals surface area contributed by atoms with Crippen molar-refractivity contribution in [1.29, 1.82) is 0 Å². The quantitative estimate of drug-likeness (QED) is 0.511. The topological polar surface area (TPSA) is 38.3 Å². The number of ether oxygens (including phenoxy) is 1. The van der Waals surface area contributed by atoms with Gasteiger partial charge < -0.3 is 10.1 Å². The first-order chi connectivity index (χ1) is 11.3. The van der Waals surface area contributed by atoms with Crippen molar-refractivity contribution < 1.29 is 9.53 Å². The molecule has 2 aromatic rings. The Morgan fingerprint density at radius 3 is 2.33 bits per heavy atom. The van der Waals surface area contributed by atoms with Crippen LogP contribution in [0.15, 0.2) is 48.5 Å². The predicted molar refractivity (Wildman–Crippen MR) is 99.5 cm³/mol. The third kappa shape index (κ3) is 5.91. The standard InChI is InChI=1S/C16H12Cl5NO2/c17-11-6-7-13(12(18)9-11)24-15(16(19,20)21)22-14(23)8-10-4-2-1-3-5-10/h1-7,9,15H,8H2,(H,22,23)/t15-/m1/s1. The van der Waals surface area contributed by atoms with E-state index in [1.165, 1.54) is 12.1 Å². The SMILES string of the molecule is O=C(Cc1ccccc1)N[C@H](Oc1ccc(Cl)cc1Cl)C(Cl)(Cl)Cl. The van der Waals surface area contributed by atoms with Crippen LogP contribution in [-0.4, -0.2) is 15.9 Å². The molecule has 0 radical (unpaired) electrons. The summed E-state index contributed by atoms with van der Waals surface area (Å²) in [6.45, 7) is 0. The van der Waals surface area contributed by atoms with E-state index in [1.54, 1.807) is 6.07 Å². The van der Waals surface area contributed by atoms with E-state index in [-0.39, 0.29) is 23.1 Å². The zero-order valence-electron chi connectivity index (χ0n) is 12.1. The highest BCUT2D eigenvalue weighted by atomic mass is 35.6. The minimum absolute atomic E-state index is 0.121. The molecule has 24 heavy (non-hydrogen) atoms. The number of amides is 1. The highest BCUT2D eigenvalue weighted by Crippen LogP contribution is 2.35. The van der Waals surface area contributed by atoms with Gasteiger partial charge in [-0.25, -0.2) is 0 Å². The highest BCUT2D eigenvalue weighted by Gasteiger charge is 2.36. The summed E-state index contributed by atoms with van der Waals surface area (Å²) in [6.07, 6.45) is -1.10. The molecular formula is C16H12Cl5NO2. The number of alkyl halides is 3. The number of carbonyl (C=O) groups excluding carboxylic acids is 1. The first-order valence-corrected chi connectivity index (χ1v) is 8.66. The van der Waals surface area contributed by atoms with E-state index in [1.807, 2.05) is 30.3 Å². The van der Waals surface area contributed by atoms with E-state index >= 15 is 0 Å². The van der Waals surface area contributed by atoms with Crippen LogP contribution in [0.5, 0.6) is 5.75 Å². The Morgan fingerprint density at radius 1 is 1.08 bits per heavy atom. The summed E-state index contributed by atoms with van der Waals surface area (Å²) in [6, 6.07) is 13.7. The van der Waals surface area contributed by atoms with Gasteiger partial charge in [0, 0.05) is 5.02 Å². The van der Waals surface area contributed by atoms with Crippen LogP contribution in [0.3, 0.4) is 0 Å². The van der Waals surface area contributed by atoms with Crippen molar-refractivity contribution in [3.05, 3.63) is 64.1 Å². The molecule has 8 heteroatoms. The fourth-order valence-electron chi connectivity index (χ4n) is 1.85. The summed E-state index contributed by atoms with van der Waals surface area (Å²) in [4.78, 5) is 12.2. The molecule has 1 amide bonds. The smallest absolute Gasteiger partial charge is 0.246 e. The van der Waals surface area contributed by atoms with Crippen LogP contribution >= 0.6 is 58.0 Å². The first-order valence-electron chi connectivity index (χ1n) is 6.77. The van der Waals surface area contributed by atoms with E-state index in [2.05, 4.69) is 5.32 Å². The molecule has 0 aromatic heterocycles. The number of halogens is 5. The van der Waals surface area contributed by atoms with Crippen molar-refractivity contribution >= 4 is 63.9 Å². The maximum atomic E-state index is 12.2. The summed E-state index contributed by atoms with van der Waals surface area (Å²) in [5, 5.41) is 3.22. The molecule has 2 rings (SSSR count). The molecule has 2 aromatic carbocycles. The van der Waals surface area contributed by atoms with Crippen LogP contribution in [0.2, 0.25) is 10.0 Å². The second-order valence-corrected chi connectivity index (χ2v) is 8.06. The monoisotopic (exact) mass is 425 g/mol. The van der Waals surface area contributed by atoms with Gasteiger partial charge >= 0.3 is 0 Å². The molecule has 0 unspecified atom stereocenters. The number of benzene rings is 2. The van der Waals surface area contributed by atoms with Gasteiger partial charge in [-0.1, -0.05) is 88.3 Å². The van der Waals surface area contributed by atoms with Gasteiger partial charge in [0.2, 0.25) is 15.9 Å². The summed E-state index contributed by atoms with van der Waals surface area (Å²) in [5.41, 5.74) is 0.822. The third-order valence-electron chi connectivity index (χ3n) is 2.94. The largest absolute Gasteiger partial charge is 0.464 e. The molecule has 0 aliphatic carbocycles. The van der Waals surface area contributed by atoms with Crippen LogP contribution < -0.4 is 10.1 Å². The average Bonchev–Trinajstić information content (AvgIpc) is 2.49. The lowest BCUT2D eigenvalue weighted by Crippen LogP contribution is -2.48. The molecule has 1 N–H and O–H groups in total. The number of rotatable bonds is 5. The molecule has 3 nitrogen and oxygen atoms in total. The fourth-order valence-corrected chi connectivity index (χ4v) is 2.60. The molecule has 0 spiro atoms. The van der Waals surface area contributed by atoms with Gasteiger partial charge in [0.1, 0.15) is 5.75 Å². The molecule has 0 aliphatic rings.